The molecule has 6 heteroatoms. The molecular weight excluding hydrogens is 400 g/mol. The molecule has 2 aliphatic rings. The summed E-state index contributed by atoms with van der Waals surface area (Å²) in [6.45, 7) is 3.79. The molecule has 0 aliphatic carbocycles. The second-order valence-corrected chi connectivity index (χ2v) is 10.3. The predicted octanol–water partition coefficient (Wildman–Crippen LogP) is 3.87. The maximum atomic E-state index is 12.2. The number of benzene rings is 1. The van der Waals surface area contributed by atoms with Crippen LogP contribution >= 0.6 is 15.9 Å². The third-order valence-corrected chi connectivity index (χ3v) is 7.78. The second kappa shape index (κ2) is 8.51. The molecule has 0 unspecified atom stereocenters. The van der Waals surface area contributed by atoms with Crippen LogP contribution < -0.4 is 0 Å². The number of hydrogen-bond donors (Lipinski definition) is 0. The first-order valence-corrected chi connectivity index (χ1v) is 12.0. The molecule has 4 nitrogen and oxygen atoms in total. The van der Waals surface area contributed by atoms with Gasteiger partial charge in [-0.25, -0.2) is 8.42 Å². The molecule has 1 aromatic carbocycles. The maximum absolute atomic E-state index is 12.2. The minimum Gasteiger partial charge on any atom is -0.299 e. The quantitative estimate of drug-likeness (QED) is 0.730. The number of halogens is 1. The molecule has 0 N–H and O–H groups in total. The monoisotopic (exact) mass is 428 g/mol. The Bertz CT molecular complexity index is 672. The first kappa shape index (κ1) is 19.3. The van der Waals surface area contributed by atoms with E-state index in [0.717, 1.165) is 58.2 Å². The summed E-state index contributed by atoms with van der Waals surface area (Å²) in [7, 11) is -3.10. The van der Waals surface area contributed by atoms with E-state index in [2.05, 4.69) is 39.0 Å². The molecule has 1 aromatic rings. The molecule has 140 valence electrons. The number of sulfonamides is 1. The van der Waals surface area contributed by atoms with Gasteiger partial charge in [-0.15, -0.1) is 0 Å². The number of hydrogen-bond acceptors (Lipinski definition) is 3. The smallest absolute Gasteiger partial charge is 0.211 e. The summed E-state index contributed by atoms with van der Waals surface area (Å²) in [5.41, 5.74) is 1.33. The SMILES string of the molecule is CS(=O)(=O)N1CCCCC[C@@H]1C1CCN(Cc2ccccc2Br)CC1. The van der Waals surface area contributed by atoms with Gasteiger partial charge in [-0.1, -0.05) is 47.0 Å². The van der Waals surface area contributed by atoms with Crippen molar-refractivity contribution in [3.8, 4) is 0 Å². The third-order valence-electron chi connectivity index (χ3n) is 5.70. The summed E-state index contributed by atoms with van der Waals surface area (Å²) >= 11 is 3.64. The molecule has 0 aromatic heterocycles. The Balaban J connectivity index is 1.61. The zero-order chi connectivity index (χ0) is 17.9. The lowest BCUT2D eigenvalue weighted by Gasteiger charge is -2.39. The molecule has 25 heavy (non-hydrogen) atoms. The Hall–Kier alpha value is -0.430. The van der Waals surface area contributed by atoms with E-state index in [1.807, 2.05) is 10.4 Å². The van der Waals surface area contributed by atoms with Gasteiger partial charge in [-0.05, 0) is 56.3 Å². The highest BCUT2D eigenvalue weighted by Crippen LogP contribution is 2.32. The summed E-state index contributed by atoms with van der Waals surface area (Å²) in [4.78, 5) is 2.50. The molecule has 2 fully saturated rings. The van der Waals surface area contributed by atoms with Gasteiger partial charge in [0, 0.05) is 23.6 Å². The molecule has 1 atom stereocenters. The Morgan fingerprint density at radius 2 is 1.76 bits per heavy atom. The van der Waals surface area contributed by atoms with Crippen molar-refractivity contribution in [2.45, 2.75) is 51.1 Å². The van der Waals surface area contributed by atoms with Crippen molar-refractivity contribution in [2.75, 3.05) is 25.9 Å². The minimum atomic E-state index is -3.10. The highest BCUT2D eigenvalue weighted by Gasteiger charge is 2.35. The van der Waals surface area contributed by atoms with E-state index in [9.17, 15) is 8.42 Å². The summed E-state index contributed by atoms with van der Waals surface area (Å²) in [6, 6.07) is 8.61. The minimum absolute atomic E-state index is 0.211. The van der Waals surface area contributed by atoms with Crippen molar-refractivity contribution in [3.63, 3.8) is 0 Å². The molecule has 0 spiro atoms. The van der Waals surface area contributed by atoms with E-state index >= 15 is 0 Å². The molecule has 0 radical (unpaired) electrons. The van der Waals surface area contributed by atoms with E-state index < -0.39 is 10.0 Å². The average Bonchev–Trinajstić information content (AvgIpc) is 2.83. The lowest BCUT2D eigenvalue weighted by atomic mass is 9.87. The number of likely N-dealkylation sites (tertiary alicyclic amines) is 1. The van der Waals surface area contributed by atoms with Crippen molar-refractivity contribution < 1.29 is 8.42 Å². The van der Waals surface area contributed by atoms with Gasteiger partial charge in [0.15, 0.2) is 0 Å². The van der Waals surface area contributed by atoms with Crippen LogP contribution in [0.25, 0.3) is 0 Å². The van der Waals surface area contributed by atoms with Gasteiger partial charge in [0.1, 0.15) is 0 Å². The van der Waals surface area contributed by atoms with Crippen LogP contribution in [-0.2, 0) is 16.6 Å². The zero-order valence-electron chi connectivity index (χ0n) is 15.0. The van der Waals surface area contributed by atoms with Crippen molar-refractivity contribution in [1.82, 2.24) is 9.21 Å². The van der Waals surface area contributed by atoms with Crippen LogP contribution in [0, 0.1) is 5.92 Å². The number of rotatable bonds is 4. The van der Waals surface area contributed by atoms with Gasteiger partial charge in [0.2, 0.25) is 10.0 Å². The molecule has 0 bridgehead atoms. The van der Waals surface area contributed by atoms with E-state index in [-0.39, 0.29) is 6.04 Å². The van der Waals surface area contributed by atoms with Crippen LogP contribution in [0.2, 0.25) is 0 Å². The van der Waals surface area contributed by atoms with Gasteiger partial charge in [-0.2, -0.15) is 4.31 Å². The topological polar surface area (TPSA) is 40.6 Å². The maximum Gasteiger partial charge on any atom is 0.211 e. The molecular formula is C19H29BrN2O2S. The fraction of sp³-hybridized carbons (Fsp3) is 0.684. The summed E-state index contributed by atoms with van der Waals surface area (Å²) in [6.07, 6.45) is 7.93. The first-order chi connectivity index (χ1) is 11.9. The lowest BCUT2D eigenvalue weighted by molar-refractivity contribution is 0.124. The van der Waals surface area contributed by atoms with Gasteiger partial charge in [0.25, 0.3) is 0 Å². The molecule has 2 saturated heterocycles. The van der Waals surface area contributed by atoms with Gasteiger partial charge in [0.05, 0.1) is 6.26 Å². The average molecular weight is 429 g/mol. The highest BCUT2D eigenvalue weighted by molar-refractivity contribution is 9.10. The van der Waals surface area contributed by atoms with Crippen molar-refractivity contribution in [3.05, 3.63) is 34.3 Å². The first-order valence-electron chi connectivity index (χ1n) is 9.38. The van der Waals surface area contributed by atoms with Crippen LogP contribution in [0.3, 0.4) is 0 Å². The van der Waals surface area contributed by atoms with Crippen LogP contribution in [0.5, 0.6) is 0 Å². The van der Waals surface area contributed by atoms with E-state index in [1.54, 1.807) is 0 Å². The third kappa shape index (κ3) is 5.06. The van der Waals surface area contributed by atoms with Gasteiger partial charge in [-0.3, -0.25) is 4.90 Å². The fourth-order valence-electron chi connectivity index (χ4n) is 4.35. The van der Waals surface area contributed by atoms with Crippen LogP contribution in [0.1, 0.15) is 44.1 Å². The van der Waals surface area contributed by atoms with E-state index in [0.29, 0.717) is 12.5 Å². The molecule has 2 aliphatic heterocycles. The van der Waals surface area contributed by atoms with Gasteiger partial charge < -0.3 is 0 Å². The number of piperidine rings is 1. The Kier molecular flexibility index (Phi) is 6.58. The highest BCUT2D eigenvalue weighted by atomic mass is 79.9. The molecule has 3 rings (SSSR count). The summed E-state index contributed by atoms with van der Waals surface area (Å²) in [5.74, 6) is 0.503. The largest absolute Gasteiger partial charge is 0.299 e. The molecule has 0 amide bonds. The normalized spacial score (nSPS) is 25.0. The molecule has 0 saturated carbocycles. The van der Waals surface area contributed by atoms with E-state index in [4.69, 9.17) is 0 Å². The van der Waals surface area contributed by atoms with Crippen molar-refractivity contribution in [1.29, 1.82) is 0 Å². The van der Waals surface area contributed by atoms with Crippen molar-refractivity contribution >= 4 is 26.0 Å². The fourth-order valence-corrected chi connectivity index (χ4v) is 5.99. The van der Waals surface area contributed by atoms with Crippen LogP contribution in [0.15, 0.2) is 28.7 Å². The Morgan fingerprint density at radius 1 is 1.04 bits per heavy atom. The van der Waals surface area contributed by atoms with Crippen LogP contribution in [-0.4, -0.2) is 49.6 Å². The Labute approximate surface area is 160 Å². The number of nitrogens with zero attached hydrogens (tertiary/aromatic N) is 2. The summed E-state index contributed by atoms with van der Waals surface area (Å²) < 4.78 is 27.5. The zero-order valence-corrected chi connectivity index (χ0v) is 17.4. The van der Waals surface area contributed by atoms with Gasteiger partial charge >= 0.3 is 0 Å². The lowest BCUT2D eigenvalue weighted by Crippen LogP contribution is -2.47. The predicted molar refractivity (Wildman–Crippen MR) is 106 cm³/mol. The molecule has 2 heterocycles. The van der Waals surface area contributed by atoms with Crippen molar-refractivity contribution in [2.24, 2.45) is 5.92 Å². The van der Waals surface area contributed by atoms with E-state index in [1.165, 1.54) is 16.3 Å². The van der Waals surface area contributed by atoms with Crippen LogP contribution in [0.4, 0.5) is 0 Å². The summed E-state index contributed by atoms with van der Waals surface area (Å²) in [5, 5.41) is 0. The Morgan fingerprint density at radius 3 is 2.44 bits per heavy atom. The standard InChI is InChI=1S/C19H29BrN2O2S/c1-25(23,24)22-12-6-2-3-9-19(22)16-10-13-21(14-11-16)15-17-7-4-5-8-18(17)20/h4-5,7-8,16,19H,2-3,6,9-15H2,1H3/t19-/m1/s1. The second-order valence-electron chi connectivity index (χ2n) is 7.50.